The molecular weight excluding hydrogens is 427 g/mol. The third-order valence-corrected chi connectivity index (χ3v) is 7.91. The molecule has 2 saturated heterocycles. The summed E-state index contributed by atoms with van der Waals surface area (Å²) in [5.41, 5.74) is 2.01. The van der Waals surface area contributed by atoms with Crippen LogP contribution in [0.15, 0.2) is 42.5 Å². The van der Waals surface area contributed by atoms with Gasteiger partial charge in [0, 0.05) is 37.3 Å². The molecule has 0 amide bonds. The molecule has 34 heavy (non-hydrogen) atoms. The Labute approximate surface area is 200 Å². The summed E-state index contributed by atoms with van der Waals surface area (Å²) in [7, 11) is 1.74. The summed E-state index contributed by atoms with van der Waals surface area (Å²) in [4.78, 5) is 14.4. The lowest BCUT2D eigenvalue weighted by atomic mass is 9.88. The van der Waals surface area contributed by atoms with Gasteiger partial charge in [0.05, 0.1) is 12.6 Å². The Morgan fingerprint density at radius 3 is 2.44 bits per heavy atom. The van der Waals surface area contributed by atoms with Crippen molar-refractivity contribution in [3.8, 4) is 5.75 Å². The number of nitrogens with zero attached hydrogens (tertiary/aromatic N) is 4. The number of hydrogen-bond acceptors (Lipinski definition) is 5. The Balaban J connectivity index is 1.33. The molecule has 1 saturated carbocycles. The molecule has 0 N–H and O–H groups in total. The second kappa shape index (κ2) is 8.40. The van der Waals surface area contributed by atoms with Crippen LogP contribution in [0.2, 0.25) is 0 Å². The van der Waals surface area contributed by atoms with Gasteiger partial charge >= 0.3 is 0 Å². The number of halogens is 1. The van der Waals surface area contributed by atoms with Crippen molar-refractivity contribution in [3.63, 3.8) is 0 Å². The van der Waals surface area contributed by atoms with Crippen LogP contribution in [0.4, 0.5) is 15.9 Å². The van der Waals surface area contributed by atoms with Crippen molar-refractivity contribution in [1.82, 2.24) is 9.97 Å². The Morgan fingerprint density at radius 2 is 1.74 bits per heavy atom. The topological polar surface area (TPSA) is 41.5 Å². The molecule has 2 aromatic carbocycles. The number of methoxy groups -OCH3 is 1. The molecule has 3 fully saturated rings. The SMILES string of the molecule is COc1ccccc1C1CCN(c2nc(C3(F)CC3)nc3ccc(N4CC[C@@H](C)C4)cc23)CC1. The van der Waals surface area contributed by atoms with E-state index in [0.29, 0.717) is 30.5 Å². The van der Waals surface area contributed by atoms with Crippen molar-refractivity contribution >= 4 is 22.4 Å². The zero-order valence-electron chi connectivity index (χ0n) is 20.1. The zero-order valence-corrected chi connectivity index (χ0v) is 20.1. The van der Waals surface area contributed by atoms with Crippen LogP contribution >= 0.6 is 0 Å². The predicted molar refractivity (Wildman–Crippen MR) is 135 cm³/mol. The van der Waals surface area contributed by atoms with Gasteiger partial charge in [0.2, 0.25) is 0 Å². The number of piperidine rings is 1. The van der Waals surface area contributed by atoms with E-state index in [1.807, 2.05) is 12.1 Å². The van der Waals surface area contributed by atoms with Crippen molar-refractivity contribution in [2.75, 3.05) is 43.1 Å². The van der Waals surface area contributed by atoms with Crippen LogP contribution in [0.3, 0.4) is 0 Å². The third kappa shape index (κ3) is 3.87. The maximum absolute atomic E-state index is 15.1. The predicted octanol–water partition coefficient (Wildman–Crippen LogP) is 5.83. The van der Waals surface area contributed by atoms with E-state index in [9.17, 15) is 0 Å². The van der Waals surface area contributed by atoms with Gasteiger partial charge in [0.1, 0.15) is 11.6 Å². The molecule has 1 aliphatic carbocycles. The molecule has 178 valence electrons. The summed E-state index contributed by atoms with van der Waals surface area (Å²) < 4.78 is 20.7. The zero-order chi connectivity index (χ0) is 23.3. The van der Waals surface area contributed by atoms with Gasteiger partial charge in [0.15, 0.2) is 11.5 Å². The first-order valence-corrected chi connectivity index (χ1v) is 12.7. The van der Waals surface area contributed by atoms with E-state index < -0.39 is 5.67 Å². The van der Waals surface area contributed by atoms with Gasteiger partial charge < -0.3 is 14.5 Å². The van der Waals surface area contributed by atoms with E-state index in [0.717, 1.165) is 61.5 Å². The van der Waals surface area contributed by atoms with Gasteiger partial charge in [-0.3, -0.25) is 0 Å². The van der Waals surface area contributed by atoms with Crippen molar-refractivity contribution in [2.45, 2.75) is 50.6 Å². The molecule has 2 aliphatic heterocycles. The van der Waals surface area contributed by atoms with Crippen molar-refractivity contribution in [1.29, 1.82) is 0 Å². The maximum atomic E-state index is 15.1. The Morgan fingerprint density at radius 1 is 0.971 bits per heavy atom. The van der Waals surface area contributed by atoms with Crippen molar-refractivity contribution in [2.24, 2.45) is 5.92 Å². The van der Waals surface area contributed by atoms with Gasteiger partial charge in [-0.25, -0.2) is 14.4 Å². The molecule has 0 unspecified atom stereocenters. The van der Waals surface area contributed by atoms with Crippen LogP contribution < -0.4 is 14.5 Å². The lowest BCUT2D eigenvalue weighted by Crippen LogP contribution is -2.34. The summed E-state index contributed by atoms with van der Waals surface area (Å²) in [5.74, 6) is 3.40. The third-order valence-electron chi connectivity index (χ3n) is 7.91. The number of anilines is 2. The van der Waals surface area contributed by atoms with Crippen LogP contribution in [0.1, 0.15) is 56.3 Å². The lowest BCUT2D eigenvalue weighted by Gasteiger charge is -2.34. The number of ether oxygens (including phenoxy) is 1. The summed E-state index contributed by atoms with van der Waals surface area (Å²) >= 11 is 0. The fourth-order valence-electron chi connectivity index (χ4n) is 5.65. The second-order valence-electron chi connectivity index (χ2n) is 10.4. The molecule has 0 radical (unpaired) electrons. The number of rotatable bonds is 5. The van der Waals surface area contributed by atoms with Crippen LogP contribution in [0, 0.1) is 5.92 Å². The Hall–Kier alpha value is -2.89. The second-order valence-corrected chi connectivity index (χ2v) is 10.4. The molecule has 3 aliphatic rings. The minimum atomic E-state index is -1.35. The Kier molecular flexibility index (Phi) is 5.34. The largest absolute Gasteiger partial charge is 0.496 e. The number of benzene rings is 2. The highest BCUT2D eigenvalue weighted by Crippen LogP contribution is 2.49. The molecule has 1 aromatic heterocycles. The van der Waals surface area contributed by atoms with Gasteiger partial charge in [-0.15, -0.1) is 0 Å². The summed E-state index contributed by atoms with van der Waals surface area (Å²) in [6, 6.07) is 14.8. The first-order valence-electron chi connectivity index (χ1n) is 12.7. The van der Waals surface area contributed by atoms with Crippen LogP contribution in [0.5, 0.6) is 5.75 Å². The van der Waals surface area contributed by atoms with Gasteiger partial charge in [0.25, 0.3) is 0 Å². The fourth-order valence-corrected chi connectivity index (χ4v) is 5.65. The number of alkyl halides is 1. The molecule has 0 spiro atoms. The van der Waals surface area contributed by atoms with Crippen LogP contribution in [-0.2, 0) is 5.67 Å². The van der Waals surface area contributed by atoms with E-state index in [-0.39, 0.29) is 0 Å². The van der Waals surface area contributed by atoms with E-state index in [1.165, 1.54) is 17.7 Å². The lowest BCUT2D eigenvalue weighted by molar-refractivity contribution is 0.301. The summed E-state index contributed by atoms with van der Waals surface area (Å²) in [6.07, 6.45) is 4.31. The average Bonchev–Trinajstić information content (AvgIpc) is 3.49. The highest BCUT2D eigenvalue weighted by Gasteiger charge is 2.48. The van der Waals surface area contributed by atoms with Gasteiger partial charge in [-0.2, -0.15) is 0 Å². The molecule has 6 rings (SSSR count). The van der Waals surface area contributed by atoms with Crippen molar-refractivity contribution < 1.29 is 9.13 Å². The maximum Gasteiger partial charge on any atom is 0.170 e. The molecular formula is C28H33FN4O. The van der Waals surface area contributed by atoms with Crippen molar-refractivity contribution in [3.05, 3.63) is 53.9 Å². The Bertz CT molecular complexity index is 1200. The molecule has 5 nitrogen and oxygen atoms in total. The smallest absolute Gasteiger partial charge is 0.170 e. The number of para-hydroxylation sites is 1. The molecule has 0 bridgehead atoms. The first-order chi connectivity index (χ1) is 16.5. The van der Waals surface area contributed by atoms with Gasteiger partial charge in [-0.05, 0) is 73.8 Å². The monoisotopic (exact) mass is 460 g/mol. The van der Waals surface area contributed by atoms with Crippen LogP contribution in [0.25, 0.3) is 10.9 Å². The van der Waals surface area contributed by atoms with E-state index >= 15 is 4.39 Å². The number of aromatic nitrogens is 2. The van der Waals surface area contributed by atoms with Gasteiger partial charge in [-0.1, -0.05) is 25.1 Å². The van der Waals surface area contributed by atoms with E-state index in [4.69, 9.17) is 9.72 Å². The quantitative estimate of drug-likeness (QED) is 0.479. The van der Waals surface area contributed by atoms with Crippen LogP contribution in [-0.4, -0.2) is 43.3 Å². The minimum absolute atomic E-state index is 0.365. The fraction of sp³-hybridized carbons (Fsp3) is 0.500. The minimum Gasteiger partial charge on any atom is -0.496 e. The highest BCUT2D eigenvalue weighted by atomic mass is 19.1. The molecule has 3 aromatic rings. The molecule has 1 atom stereocenters. The molecule has 3 heterocycles. The normalized spacial score (nSPS) is 22.4. The summed E-state index contributed by atoms with van der Waals surface area (Å²) in [5, 5.41) is 1.04. The average molecular weight is 461 g/mol. The van der Waals surface area contributed by atoms with E-state index in [1.54, 1.807) is 7.11 Å². The number of hydrogen-bond donors (Lipinski definition) is 0. The summed E-state index contributed by atoms with van der Waals surface area (Å²) in [6.45, 7) is 6.25. The number of fused-ring (bicyclic) bond motifs is 1. The van der Waals surface area contributed by atoms with E-state index in [2.05, 4.69) is 52.0 Å². The first kappa shape index (κ1) is 21.6. The highest BCUT2D eigenvalue weighted by molar-refractivity contribution is 5.92. The molecule has 6 heteroatoms. The standard InChI is InChI=1S/C28H33FN4O/c1-19-9-14-33(18-19)21-7-8-24-23(17-21)26(31-27(30-24)28(29)12-13-28)32-15-10-20(11-16-32)22-5-3-4-6-25(22)34-2/h3-8,17,19-20H,9-16,18H2,1-2H3/t19-/m1/s1.